The highest BCUT2D eigenvalue weighted by Crippen LogP contribution is 2.20. The van der Waals surface area contributed by atoms with Crippen molar-refractivity contribution in [2.45, 2.75) is 44.8 Å². The normalized spacial score (nSPS) is 11.2. The first-order chi connectivity index (χ1) is 10.5. The molecule has 0 unspecified atom stereocenters. The van der Waals surface area contributed by atoms with Crippen LogP contribution in [0.25, 0.3) is 0 Å². The fourth-order valence-electron chi connectivity index (χ4n) is 1.91. The molecule has 0 fully saturated rings. The number of nitrogens with one attached hydrogen (secondary N) is 1. The van der Waals surface area contributed by atoms with Gasteiger partial charge >= 0.3 is 0 Å². The summed E-state index contributed by atoms with van der Waals surface area (Å²) in [6.45, 7) is 8.25. The van der Waals surface area contributed by atoms with E-state index in [1.165, 1.54) is 17.3 Å². The molecule has 2 aromatic rings. The van der Waals surface area contributed by atoms with Crippen LogP contribution >= 0.6 is 11.8 Å². The minimum Gasteiger partial charge on any atom is -0.325 e. The molecule has 1 aromatic heterocycles. The minimum atomic E-state index is -0.0655. The molecule has 0 bridgehead atoms. The van der Waals surface area contributed by atoms with Crippen molar-refractivity contribution >= 4 is 23.4 Å². The van der Waals surface area contributed by atoms with Crippen LogP contribution in [0.1, 0.15) is 45.2 Å². The number of benzene rings is 1. The van der Waals surface area contributed by atoms with Crippen molar-refractivity contribution in [2.24, 2.45) is 0 Å². The van der Waals surface area contributed by atoms with Crippen molar-refractivity contribution < 1.29 is 4.79 Å². The van der Waals surface area contributed by atoms with Crippen molar-refractivity contribution in [1.29, 1.82) is 0 Å². The van der Waals surface area contributed by atoms with E-state index in [0.717, 1.165) is 5.69 Å². The Bertz CT molecular complexity index is 638. The van der Waals surface area contributed by atoms with E-state index in [2.05, 4.69) is 40.8 Å². The number of anilines is 1. The molecular weight excluding hydrogens is 298 g/mol. The second-order valence-corrected chi connectivity index (χ2v) is 6.56. The largest absolute Gasteiger partial charge is 0.325 e. The van der Waals surface area contributed by atoms with Crippen LogP contribution in [-0.2, 0) is 4.79 Å². The van der Waals surface area contributed by atoms with E-state index >= 15 is 0 Å². The first-order valence-electron chi connectivity index (χ1n) is 7.28. The lowest BCUT2D eigenvalue weighted by molar-refractivity contribution is -0.113. The summed E-state index contributed by atoms with van der Waals surface area (Å²) in [6.07, 6.45) is 0. The van der Waals surface area contributed by atoms with Gasteiger partial charge in [0.25, 0.3) is 0 Å². The monoisotopic (exact) mass is 319 g/mol. The van der Waals surface area contributed by atoms with E-state index in [1.54, 1.807) is 4.68 Å². The first-order valence-corrected chi connectivity index (χ1v) is 8.26. The molecule has 0 aliphatic heterocycles. The van der Waals surface area contributed by atoms with Crippen LogP contribution in [0.2, 0.25) is 0 Å². The fourth-order valence-corrected chi connectivity index (χ4v) is 2.71. The van der Waals surface area contributed by atoms with Gasteiger partial charge in [-0.05, 0) is 47.9 Å². The summed E-state index contributed by atoms with van der Waals surface area (Å²) in [6, 6.07) is 8.09. The van der Waals surface area contributed by atoms with Crippen LogP contribution in [-0.4, -0.2) is 31.9 Å². The summed E-state index contributed by atoms with van der Waals surface area (Å²) in [5.74, 6) is 0.644. The van der Waals surface area contributed by atoms with E-state index in [1.807, 2.05) is 32.0 Å². The summed E-state index contributed by atoms with van der Waals surface area (Å²) < 4.78 is 1.71. The maximum atomic E-state index is 12.1. The number of amides is 1. The van der Waals surface area contributed by atoms with Crippen molar-refractivity contribution in [3.63, 3.8) is 0 Å². The Morgan fingerprint density at radius 2 is 2.09 bits per heavy atom. The molecule has 0 saturated carbocycles. The zero-order valence-corrected chi connectivity index (χ0v) is 14.1. The summed E-state index contributed by atoms with van der Waals surface area (Å²) in [4.78, 5) is 12.1. The number of aromatic nitrogens is 4. The molecule has 118 valence electrons. The van der Waals surface area contributed by atoms with Crippen molar-refractivity contribution in [2.75, 3.05) is 11.1 Å². The topological polar surface area (TPSA) is 72.7 Å². The average Bonchev–Trinajstić information content (AvgIpc) is 2.94. The Morgan fingerprint density at radius 1 is 1.32 bits per heavy atom. The summed E-state index contributed by atoms with van der Waals surface area (Å²) in [7, 11) is 0. The van der Waals surface area contributed by atoms with E-state index in [0.29, 0.717) is 11.1 Å². The van der Waals surface area contributed by atoms with Crippen molar-refractivity contribution in [1.82, 2.24) is 20.2 Å². The first kappa shape index (κ1) is 16.5. The molecule has 2 rings (SSSR count). The van der Waals surface area contributed by atoms with Crippen LogP contribution in [0.5, 0.6) is 0 Å². The van der Waals surface area contributed by atoms with Crippen molar-refractivity contribution in [3.8, 4) is 0 Å². The molecule has 0 saturated heterocycles. The Hall–Kier alpha value is -1.89. The highest BCUT2D eigenvalue weighted by atomic mass is 32.2. The Balaban J connectivity index is 1.93. The predicted octanol–water partition coefficient (Wildman–Crippen LogP) is 3.11. The van der Waals surface area contributed by atoms with Gasteiger partial charge in [0, 0.05) is 5.69 Å². The number of carbonyl (C=O) groups excluding carboxylic acids is 1. The molecule has 1 N–H and O–H groups in total. The highest BCUT2D eigenvalue weighted by molar-refractivity contribution is 7.99. The van der Waals surface area contributed by atoms with Gasteiger partial charge in [0.15, 0.2) is 0 Å². The Kier molecular flexibility index (Phi) is 5.54. The number of carbonyl (C=O) groups is 1. The standard InChI is InChI=1S/C15H21N5OS/c1-10(2)12-6-5-7-13(8-12)16-14(21)9-22-15-17-18-19-20(15)11(3)4/h5-8,10-11H,9H2,1-4H3,(H,16,21). The maximum Gasteiger partial charge on any atom is 0.234 e. The SMILES string of the molecule is CC(C)c1cccc(NC(=O)CSc2nnnn2C(C)C)c1. The van der Waals surface area contributed by atoms with Gasteiger partial charge in [0.1, 0.15) is 0 Å². The number of thioether (sulfide) groups is 1. The quantitative estimate of drug-likeness (QED) is 0.828. The van der Waals surface area contributed by atoms with Crippen LogP contribution < -0.4 is 5.32 Å². The molecule has 1 aromatic carbocycles. The van der Waals surface area contributed by atoms with Gasteiger partial charge in [0.2, 0.25) is 11.1 Å². The minimum absolute atomic E-state index is 0.0655. The molecule has 7 heteroatoms. The molecule has 22 heavy (non-hydrogen) atoms. The van der Waals surface area contributed by atoms with Gasteiger partial charge in [-0.25, -0.2) is 4.68 Å². The van der Waals surface area contributed by atoms with E-state index in [4.69, 9.17) is 0 Å². The van der Waals surface area contributed by atoms with Crippen LogP contribution in [0.4, 0.5) is 5.69 Å². The second-order valence-electron chi connectivity index (χ2n) is 5.62. The van der Waals surface area contributed by atoms with E-state index in [-0.39, 0.29) is 17.7 Å². The van der Waals surface area contributed by atoms with Crippen LogP contribution in [0.15, 0.2) is 29.4 Å². The summed E-state index contributed by atoms with van der Waals surface area (Å²) in [5, 5.41) is 15.1. The third kappa shape index (κ3) is 4.30. The van der Waals surface area contributed by atoms with Gasteiger partial charge in [-0.3, -0.25) is 4.79 Å². The van der Waals surface area contributed by atoms with E-state index < -0.39 is 0 Å². The predicted molar refractivity (Wildman–Crippen MR) is 88.1 cm³/mol. The second kappa shape index (κ2) is 7.40. The van der Waals surface area contributed by atoms with Gasteiger partial charge in [-0.1, -0.05) is 37.7 Å². The zero-order chi connectivity index (χ0) is 16.1. The van der Waals surface area contributed by atoms with Crippen molar-refractivity contribution in [3.05, 3.63) is 29.8 Å². The smallest absolute Gasteiger partial charge is 0.234 e. The molecule has 0 aliphatic rings. The number of tetrazole rings is 1. The lowest BCUT2D eigenvalue weighted by Gasteiger charge is -2.10. The highest BCUT2D eigenvalue weighted by Gasteiger charge is 2.12. The van der Waals surface area contributed by atoms with Crippen LogP contribution in [0, 0.1) is 0 Å². The lowest BCUT2D eigenvalue weighted by atomic mass is 10.0. The molecular formula is C15H21N5OS. The summed E-state index contributed by atoms with van der Waals surface area (Å²) in [5.41, 5.74) is 2.02. The van der Waals surface area contributed by atoms with Gasteiger partial charge in [-0.15, -0.1) is 5.10 Å². The Labute approximate surface area is 134 Å². The van der Waals surface area contributed by atoms with Gasteiger partial charge in [-0.2, -0.15) is 0 Å². The molecule has 0 spiro atoms. The molecule has 0 atom stereocenters. The lowest BCUT2D eigenvalue weighted by Crippen LogP contribution is -2.15. The number of rotatable bonds is 6. The molecule has 0 radical (unpaired) electrons. The zero-order valence-electron chi connectivity index (χ0n) is 13.3. The van der Waals surface area contributed by atoms with E-state index in [9.17, 15) is 4.79 Å². The molecule has 6 nitrogen and oxygen atoms in total. The molecule has 1 heterocycles. The number of hydrogen-bond donors (Lipinski definition) is 1. The van der Waals surface area contributed by atoms with Crippen LogP contribution in [0.3, 0.4) is 0 Å². The Morgan fingerprint density at radius 3 is 2.77 bits per heavy atom. The third-order valence-corrected chi connectivity index (χ3v) is 4.05. The fraction of sp³-hybridized carbons (Fsp3) is 0.467. The molecule has 1 amide bonds. The maximum absolute atomic E-state index is 12.1. The summed E-state index contributed by atoms with van der Waals surface area (Å²) >= 11 is 1.33. The average molecular weight is 319 g/mol. The number of hydrogen-bond acceptors (Lipinski definition) is 5. The van der Waals surface area contributed by atoms with Gasteiger partial charge < -0.3 is 5.32 Å². The molecule has 0 aliphatic carbocycles. The number of nitrogens with zero attached hydrogens (tertiary/aromatic N) is 4. The van der Waals surface area contributed by atoms with Gasteiger partial charge in [0.05, 0.1) is 11.8 Å². The third-order valence-electron chi connectivity index (χ3n) is 3.12.